The van der Waals surface area contributed by atoms with E-state index in [1.807, 2.05) is 18.2 Å². The quantitative estimate of drug-likeness (QED) is 0.844. The van der Waals surface area contributed by atoms with Gasteiger partial charge in [-0.3, -0.25) is 0 Å². The molecule has 0 saturated heterocycles. The van der Waals surface area contributed by atoms with E-state index in [4.69, 9.17) is 10.7 Å². The summed E-state index contributed by atoms with van der Waals surface area (Å²) in [6.07, 6.45) is 2.77. The van der Waals surface area contributed by atoms with Gasteiger partial charge in [0.15, 0.2) is 5.13 Å². The lowest BCUT2D eigenvalue weighted by Gasteiger charge is -2.18. The summed E-state index contributed by atoms with van der Waals surface area (Å²) in [5.41, 5.74) is 7.68. The second-order valence-electron chi connectivity index (χ2n) is 4.71. The molecule has 2 aromatic rings. The van der Waals surface area contributed by atoms with E-state index >= 15 is 0 Å². The van der Waals surface area contributed by atoms with Crippen molar-refractivity contribution in [1.82, 2.24) is 4.98 Å². The molecule has 3 nitrogen and oxygen atoms in total. The Morgan fingerprint density at radius 1 is 1.47 bits per heavy atom. The van der Waals surface area contributed by atoms with Gasteiger partial charge < -0.3 is 10.6 Å². The maximum atomic E-state index is 5.80. The molecule has 0 spiro atoms. The van der Waals surface area contributed by atoms with Crippen LogP contribution in [0.1, 0.15) is 19.8 Å². The van der Waals surface area contributed by atoms with Crippen LogP contribution in [-0.4, -0.2) is 18.1 Å². The summed E-state index contributed by atoms with van der Waals surface area (Å²) in [6, 6.07) is 5.94. The first kappa shape index (κ1) is 10.8. The summed E-state index contributed by atoms with van der Waals surface area (Å²) < 4.78 is 1.19. The summed E-state index contributed by atoms with van der Waals surface area (Å²) in [7, 11) is 0. The van der Waals surface area contributed by atoms with Crippen molar-refractivity contribution in [2.75, 3.05) is 23.7 Å². The normalized spacial score (nSPS) is 15.4. The number of hydrogen-bond acceptors (Lipinski definition) is 4. The molecule has 4 heteroatoms. The van der Waals surface area contributed by atoms with Crippen LogP contribution >= 0.6 is 11.3 Å². The number of nitrogens with zero attached hydrogens (tertiary/aromatic N) is 2. The zero-order chi connectivity index (χ0) is 11.8. The maximum absolute atomic E-state index is 5.80. The average Bonchev–Trinajstić information content (AvgIpc) is 3.04. The van der Waals surface area contributed by atoms with E-state index in [0.29, 0.717) is 0 Å². The van der Waals surface area contributed by atoms with Gasteiger partial charge in [0.1, 0.15) is 0 Å². The van der Waals surface area contributed by atoms with Gasteiger partial charge in [0.05, 0.1) is 10.2 Å². The first-order chi connectivity index (χ1) is 8.26. The molecule has 2 N–H and O–H groups in total. The average molecular weight is 247 g/mol. The van der Waals surface area contributed by atoms with Crippen molar-refractivity contribution in [2.45, 2.75) is 19.8 Å². The van der Waals surface area contributed by atoms with Crippen LogP contribution in [0.4, 0.5) is 10.8 Å². The van der Waals surface area contributed by atoms with Crippen LogP contribution in [0.25, 0.3) is 10.2 Å². The third-order valence-corrected chi connectivity index (χ3v) is 4.31. The topological polar surface area (TPSA) is 42.2 Å². The van der Waals surface area contributed by atoms with Gasteiger partial charge in [0.25, 0.3) is 0 Å². The highest BCUT2D eigenvalue weighted by molar-refractivity contribution is 7.22. The largest absolute Gasteiger partial charge is 0.399 e. The van der Waals surface area contributed by atoms with Crippen LogP contribution in [0, 0.1) is 5.92 Å². The number of nitrogens with two attached hydrogens (primary N) is 1. The predicted molar refractivity (Wildman–Crippen MR) is 74.6 cm³/mol. The van der Waals surface area contributed by atoms with Crippen molar-refractivity contribution < 1.29 is 0 Å². The lowest BCUT2D eigenvalue weighted by molar-refractivity contribution is 0.740. The second-order valence-corrected chi connectivity index (χ2v) is 5.71. The number of aromatic nitrogens is 1. The van der Waals surface area contributed by atoms with E-state index in [2.05, 4.69) is 11.8 Å². The minimum atomic E-state index is 0.818. The standard InChI is InChI=1S/C13H17N3S/c1-2-16(8-9-3-4-9)13-15-11-6-5-10(14)7-12(11)17-13/h5-7,9H,2-4,8,14H2,1H3. The number of hydrogen-bond donors (Lipinski definition) is 1. The molecular weight excluding hydrogens is 230 g/mol. The van der Waals surface area contributed by atoms with Crippen molar-refractivity contribution in [1.29, 1.82) is 0 Å². The minimum absolute atomic E-state index is 0.818. The fourth-order valence-corrected chi connectivity index (χ4v) is 3.11. The molecule has 1 heterocycles. The van der Waals surface area contributed by atoms with Gasteiger partial charge in [-0.2, -0.15) is 0 Å². The van der Waals surface area contributed by atoms with Crippen LogP contribution < -0.4 is 10.6 Å². The van der Waals surface area contributed by atoms with Crippen molar-refractivity contribution in [2.24, 2.45) is 5.92 Å². The summed E-state index contributed by atoms with van der Waals surface area (Å²) in [6.45, 7) is 4.39. The van der Waals surface area contributed by atoms with Gasteiger partial charge in [0.2, 0.25) is 0 Å². The van der Waals surface area contributed by atoms with Crippen LogP contribution in [0.15, 0.2) is 18.2 Å². The molecule has 0 bridgehead atoms. The first-order valence-corrected chi connectivity index (χ1v) is 6.99. The van der Waals surface area contributed by atoms with E-state index in [1.165, 1.54) is 17.5 Å². The van der Waals surface area contributed by atoms with Crippen molar-refractivity contribution in [3.05, 3.63) is 18.2 Å². The van der Waals surface area contributed by atoms with E-state index in [-0.39, 0.29) is 0 Å². The Hall–Kier alpha value is -1.29. The SMILES string of the molecule is CCN(CC1CC1)c1nc2ccc(N)cc2s1. The number of fused-ring (bicyclic) bond motifs is 1. The molecule has 3 rings (SSSR count). The molecule has 17 heavy (non-hydrogen) atoms. The predicted octanol–water partition coefficient (Wildman–Crippen LogP) is 3.11. The highest BCUT2D eigenvalue weighted by Crippen LogP contribution is 2.34. The summed E-state index contributed by atoms with van der Waals surface area (Å²) in [5.74, 6) is 0.895. The lowest BCUT2D eigenvalue weighted by Crippen LogP contribution is -2.24. The highest BCUT2D eigenvalue weighted by Gasteiger charge is 2.25. The summed E-state index contributed by atoms with van der Waals surface area (Å²) in [4.78, 5) is 7.08. The van der Waals surface area contributed by atoms with Crippen LogP contribution in [0.3, 0.4) is 0 Å². The Bertz CT molecular complexity index is 530. The van der Waals surface area contributed by atoms with Gasteiger partial charge in [-0.1, -0.05) is 11.3 Å². The molecular formula is C13H17N3S. The smallest absolute Gasteiger partial charge is 0.186 e. The van der Waals surface area contributed by atoms with Crippen molar-refractivity contribution in [3.8, 4) is 0 Å². The minimum Gasteiger partial charge on any atom is -0.399 e. The Morgan fingerprint density at radius 3 is 3.00 bits per heavy atom. The zero-order valence-corrected chi connectivity index (χ0v) is 10.8. The number of anilines is 2. The van der Waals surface area contributed by atoms with Crippen molar-refractivity contribution in [3.63, 3.8) is 0 Å². The van der Waals surface area contributed by atoms with Crippen LogP contribution in [0.5, 0.6) is 0 Å². The van der Waals surface area contributed by atoms with E-state index in [9.17, 15) is 0 Å². The molecule has 1 saturated carbocycles. The van der Waals surface area contributed by atoms with E-state index in [1.54, 1.807) is 11.3 Å². The first-order valence-electron chi connectivity index (χ1n) is 6.17. The monoisotopic (exact) mass is 247 g/mol. The third-order valence-electron chi connectivity index (χ3n) is 3.23. The summed E-state index contributed by atoms with van der Waals surface area (Å²) >= 11 is 1.75. The molecule has 1 aromatic heterocycles. The van der Waals surface area contributed by atoms with E-state index in [0.717, 1.165) is 35.3 Å². The molecule has 0 atom stereocenters. The van der Waals surface area contributed by atoms with Gasteiger partial charge in [-0.15, -0.1) is 0 Å². The summed E-state index contributed by atoms with van der Waals surface area (Å²) in [5, 5.41) is 1.14. The number of thiazole rings is 1. The molecule has 1 fully saturated rings. The fraction of sp³-hybridized carbons (Fsp3) is 0.462. The maximum Gasteiger partial charge on any atom is 0.186 e. The van der Waals surface area contributed by atoms with Gasteiger partial charge in [-0.25, -0.2) is 4.98 Å². The van der Waals surface area contributed by atoms with Gasteiger partial charge >= 0.3 is 0 Å². The highest BCUT2D eigenvalue weighted by atomic mass is 32.1. The van der Waals surface area contributed by atoms with Crippen molar-refractivity contribution >= 4 is 32.4 Å². The Labute approximate surface area is 105 Å². The Kier molecular flexibility index (Phi) is 2.67. The molecule has 1 aliphatic carbocycles. The Balaban J connectivity index is 1.92. The molecule has 0 aliphatic heterocycles. The lowest BCUT2D eigenvalue weighted by atomic mass is 10.3. The number of benzene rings is 1. The Morgan fingerprint density at radius 2 is 2.29 bits per heavy atom. The molecule has 0 unspecified atom stereocenters. The zero-order valence-electron chi connectivity index (χ0n) is 10.0. The van der Waals surface area contributed by atoms with Crippen LogP contribution in [0.2, 0.25) is 0 Å². The number of nitrogen functional groups attached to an aromatic ring is 1. The molecule has 0 radical (unpaired) electrons. The van der Waals surface area contributed by atoms with Crippen LogP contribution in [-0.2, 0) is 0 Å². The second kappa shape index (κ2) is 4.18. The van der Waals surface area contributed by atoms with Gasteiger partial charge in [0, 0.05) is 18.8 Å². The third kappa shape index (κ3) is 2.22. The molecule has 1 aliphatic rings. The molecule has 0 amide bonds. The van der Waals surface area contributed by atoms with E-state index < -0.39 is 0 Å². The molecule has 90 valence electrons. The fourth-order valence-electron chi connectivity index (χ4n) is 2.02. The molecule has 1 aromatic carbocycles. The van der Waals surface area contributed by atoms with Gasteiger partial charge in [-0.05, 0) is 43.9 Å². The number of rotatable bonds is 4.